The summed E-state index contributed by atoms with van der Waals surface area (Å²) in [6.07, 6.45) is 0.380. The number of benzene rings is 1. The Morgan fingerprint density at radius 3 is 2.38 bits per heavy atom. The van der Waals surface area contributed by atoms with E-state index in [4.69, 9.17) is 32.5 Å². The van der Waals surface area contributed by atoms with Crippen molar-refractivity contribution in [2.24, 2.45) is 5.92 Å². The normalized spacial score (nSPS) is 21.8. The van der Waals surface area contributed by atoms with Gasteiger partial charge in [-0.1, -0.05) is 37.0 Å². The zero-order valence-electron chi connectivity index (χ0n) is 19.0. The van der Waals surface area contributed by atoms with Gasteiger partial charge >= 0.3 is 19.1 Å². The summed E-state index contributed by atoms with van der Waals surface area (Å²) in [6.45, 7) is 3.48. The number of carbonyl (C=O) groups is 4. The number of nitrogens with one attached hydrogen (secondary N) is 2. The maximum atomic E-state index is 12.8. The summed E-state index contributed by atoms with van der Waals surface area (Å²) in [4.78, 5) is 52.2. The Labute approximate surface area is 212 Å². The van der Waals surface area contributed by atoms with Crippen LogP contribution in [-0.4, -0.2) is 78.9 Å². The lowest BCUT2D eigenvalue weighted by atomic mass is 9.73. The van der Waals surface area contributed by atoms with E-state index in [-0.39, 0.29) is 23.0 Å². The molecule has 0 aromatic heterocycles. The summed E-state index contributed by atoms with van der Waals surface area (Å²) in [5, 5.41) is 5.75. The molecule has 9 nitrogen and oxygen atoms in total. The summed E-state index contributed by atoms with van der Waals surface area (Å²) in [5.41, 5.74) is 0.136. The lowest BCUT2D eigenvalue weighted by Gasteiger charge is -2.40. The van der Waals surface area contributed by atoms with Crippen molar-refractivity contribution in [3.8, 4) is 0 Å². The first-order chi connectivity index (χ1) is 16.1. The zero-order valence-corrected chi connectivity index (χ0v) is 21.3. The van der Waals surface area contributed by atoms with Crippen LogP contribution in [0.3, 0.4) is 0 Å². The number of halogens is 2. The van der Waals surface area contributed by atoms with Gasteiger partial charge in [-0.2, -0.15) is 11.8 Å². The van der Waals surface area contributed by atoms with Gasteiger partial charge < -0.3 is 19.9 Å². The number of hydrogen-bond acceptors (Lipinski definition) is 8. The van der Waals surface area contributed by atoms with Gasteiger partial charge in [0.25, 0.3) is 5.91 Å². The highest BCUT2D eigenvalue weighted by Gasteiger charge is 2.48. The monoisotopic (exact) mass is 529 g/mol. The molecule has 2 N–H and O–H groups in total. The number of carbonyl (C=O) groups excluding carboxylic acids is 4. The Morgan fingerprint density at radius 2 is 1.79 bits per heavy atom. The summed E-state index contributed by atoms with van der Waals surface area (Å²) < 4.78 is 11.1. The number of fused-ring (bicyclic) bond motifs is 2. The van der Waals surface area contributed by atoms with E-state index in [2.05, 4.69) is 10.6 Å². The Bertz CT molecular complexity index is 942. The smallest absolute Gasteiger partial charge is 0.497 e. The predicted molar refractivity (Wildman–Crippen MR) is 131 cm³/mol. The molecule has 2 saturated heterocycles. The van der Waals surface area contributed by atoms with E-state index in [0.717, 1.165) is 0 Å². The lowest BCUT2D eigenvalue weighted by molar-refractivity contribution is -0.153. The highest BCUT2D eigenvalue weighted by molar-refractivity contribution is 7.99. The largest absolute Gasteiger partial charge is 0.622 e. The second-order valence-corrected chi connectivity index (χ2v) is 10.5. The van der Waals surface area contributed by atoms with Crippen molar-refractivity contribution in [3.63, 3.8) is 0 Å². The number of hydrogen-bond donors (Lipinski definition) is 2. The number of likely N-dealkylation sites (N-methyl/N-ethyl adjacent to an activating group) is 1. The maximum absolute atomic E-state index is 12.8. The van der Waals surface area contributed by atoms with Crippen LogP contribution in [0.2, 0.25) is 10.0 Å². The molecular weight excluding hydrogens is 504 g/mol. The van der Waals surface area contributed by atoms with Gasteiger partial charge in [0, 0.05) is 16.5 Å². The molecule has 2 aliphatic rings. The van der Waals surface area contributed by atoms with Gasteiger partial charge in [0.05, 0.1) is 23.1 Å². The molecule has 0 spiro atoms. The average molecular weight is 530 g/mol. The van der Waals surface area contributed by atoms with Crippen LogP contribution in [0.15, 0.2) is 18.2 Å². The standard InChI is InChI=1S/C21H26BCl2N3O6S/c1-11(2)6-17(22-32-20(30)15-9-34-10-16(27(15)3)21(31)33-22)26-18(28)8-25-19(29)13-7-12(23)4-5-14(13)24/h4-5,7,11,15-17H,6,8-10H2,1-3H3,(H,25,29)(H,26,28)/t15-,16-,17?/m1/s1. The quantitative estimate of drug-likeness (QED) is 0.514. The third-order valence-electron chi connectivity index (χ3n) is 5.53. The molecule has 2 amide bonds. The summed E-state index contributed by atoms with van der Waals surface area (Å²) in [6, 6.07) is 3.29. The van der Waals surface area contributed by atoms with Gasteiger partial charge in [-0.25, -0.2) is 0 Å². The minimum Gasteiger partial charge on any atom is -0.497 e. The molecule has 34 heavy (non-hydrogen) atoms. The van der Waals surface area contributed by atoms with Crippen molar-refractivity contribution in [2.75, 3.05) is 25.1 Å². The fraction of sp³-hybridized carbons (Fsp3) is 0.524. The van der Waals surface area contributed by atoms with Crippen LogP contribution in [-0.2, 0) is 23.7 Å². The molecule has 3 atom stereocenters. The van der Waals surface area contributed by atoms with E-state index in [1.807, 2.05) is 13.8 Å². The van der Waals surface area contributed by atoms with Gasteiger partial charge in [0.1, 0.15) is 12.1 Å². The lowest BCUT2D eigenvalue weighted by Crippen LogP contribution is -2.62. The molecule has 184 valence electrons. The molecule has 2 heterocycles. The fourth-order valence-electron chi connectivity index (χ4n) is 3.72. The van der Waals surface area contributed by atoms with Crippen LogP contribution in [0, 0.1) is 5.92 Å². The number of nitrogens with zero attached hydrogens (tertiary/aromatic N) is 1. The van der Waals surface area contributed by atoms with Gasteiger partial charge in [0.15, 0.2) is 0 Å². The van der Waals surface area contributed by atoms with Crippen LogP contribution in [0.1, 0.15) is 30.6 Å². The zero-order chi connectivity index (χ0) is 25.0. The van der Waals surface area contributed by atoms with Crippen molar-refractivity contribution < 1.29 is 28.5 Å². The Hall–Kier alpha value is -1.95. The molecule has 0 aliphatic carbocycles. The molecule has 13 heteroatoms. The highest BCUT2D eigenvalue weighted by Crippen LogP contribution is 2.26. The molecule has 3 rings (SSSR count). The maximum Gasteiger partial charge on any atom is 0.622 e. The molecule has 2 aliphatic heterocycles. The van der Waals surface area contributed by atoms with E-state index in [1.54, 1.807) is 18.0 Å². The van der Waals surface area contributed by atoms with Crippen LogP contribution in [0.5, 0.6) is 0 Å². The minimum absolute atomic E-state index is 0.0886. The van der Waals surface area contributed by atoms with Gasteiger partial charge in [-0.15, -0.1) is 0 Å². The van der Waals surface area contributed by atoms with E-state index < -0.39 is 48.9 Å². The molecule has 0 saturated carbocycles. The average Bonchev–Trinajstić information content (AvgIpc) is 2.77. The second-order valence-electron chi connectivity index (χ2n) is 8.59. The molecular formula is C21H26BCl2N3O6S. The predicted octanol–water partition coefficient (Wildman–Crippen LogP) is 1.80. The minimum atomic E-state index is -1.27. The van der Waals surface area contributed by atoms with Crippen molar-refractivity contribution >= 4 is 65.8 Å². The van der Waals surface area contributed by atoms with Gasteiger partial charge in [0.2, 0.25) is 5.91 Å². The number of amides is 2. The van der Waals surface area contributed by atoms with Crippen LogP contribution in [0.4, 0.5) is 0 Å². The SMILES string of the molecule is CC(C)CC(NC(=O)CNC(=O)c1cc(Cl)ccc1Cl)B1OC(=O)[C@H]2CSC[C@H](C(=O)O1)N2C. The summed E-state index contributed by atoms with van der Waals surface area (Å²) in [7, 11) is 0.423. The van der Waals surface area contributed by atoms with E-state index in [0.29, 0.717) is 22.9 Å². The molecule has 2 fully saturated rings. The third kappa shape index (κ3) is 6.59. The first-order valence-corrected chi connectivity index (χ1v) is 12.7. The topological polar surface area (TPSA) is 114 Å². The van der Waals surface area contributed by atoms with Crippen LogP contribution in [0.25, 0.3) is 0 Å². The third-order valence-corrected chi connectivity index (χ3v) is 7.19. The second kappa shape index (κ2) is 11.7. The van der Waals surface area contributed by atoms with E-state index in [1.165, 1.54) is 23.9 Å². The molecule has 1 unspecified atom stereocenters. The van der Waals surface area contributed by atoms with E-state index in [9.17, 15) is 19.2 Å². The summed E-state index contributed by atoms with van der Waals surface area (Å²) >= 11 is 13.4. The Morgan fingerprint density at radius 1 is 1.18 bits per heavy atom. The number of rotatable bonds is 7. The molecule has 1 aromatic rings. The molecule has 1 aromatic carbocycles. The van der Waals surface area contributed by atoms with Crippen LogP contribution < -0.4 is 10.6 Å². The van der Waals surface area contributed by atoms with Crippen molar-refractivity contribution in [2.45, 2.75) is 38.3 Å². The molecule has 2 bridgehead atoms. The van der Waals surface area contributed by atoms with Crippen LogP contribution >= 0.6 is 35.0 Å². The van der Waals surface area contributed by atoms with Crippen molar-refractivity contribution in [3.05, 3.63) is 33.8 Å². The first-order valence-electron chi connectivity index (χ1n) is 10.8. The van der Waals surface area contributed by atoms with Gasteiger partial charge in [-0.05, 0) is 37.6 Å². The Kier molecular flexibility index (Phi) is 9.14. The highest BCUT2D eigenvalue weighted by atomic mass is 35.5. The summed E-state index contributed by atoms with van der Waals surface area (Å²) in [5.74, 6) is -1.82. The van der Waals surface area contributed by atoms with Gasteiger partial charge in [-0.3, -0.25) is 24.1 Å². The van der Waals surface area contributed by atoms with Crippen molar-refractivity contribution in [1.29, 1.82) is 0 Å². The fourth-order valence-corrected chi connectivity index (χ4v) is 5.42. The Balaban J connectivity index is 1.68. The van der Waals surface area contributed by atoms with Crippen molar-refractivity contribution in [1.82, 2.24) is 15.5 Å². The first kappa shape index (κ1) is 26.7. The molecule has 0 radical (unpaired) electrons. The van der Waals surface area contributed by atoms with E-state index >= 15 is 0 Å². The number of thioether (sulfide) groups is 1.